The maximum Gasteiger partial charge on any atom is 0.336 e. The molecule has 0 bridgehead atoms. The highest BCUT2D eigenvalue weighted by molar-refractivity contribution is 7.89. The molecule has 1 saturated heterocycles. The van der Waals surface area contributed by atoms with Crippen molar-refractivity contribution in [3.8, 4) is 11.3 Å². The standard InChI is InChI=1S/C21H19ClN2O4S/c22-18-7-3-2-6-15(18)20-13-17(21(25)26)16-12-14(8-9-19(16)23-20)29(27,28)24-10-4-1-5-11-24/h2-3,6-9,12-13H,1,4-5,10-11H2,(H,25,26). The Bertz CT molecular complexity index is 1200. The number of carboxylic acid groups (broad SMARTS) is 1. The molecule has 1 aliphatic heterocycles. The van der Waals surface area contributed by atoms with Gasteiger partial charge in [-0.3, -0.25) is 0 Å². The van der Waals surface area contributed by atoms with Crippen LogP contribution in [0.25, 0.3) is 22.2 Å². The summed E-state index contributed by atoms with van der Waals surface area (Å²) in [5, 5.41) is 10.5. The Morgan fingerprint density at radius 3 is 2.45 bits per heavy atom. The van der Waals surface area contributed by atoms with E-state index in [0.717, 1.165) is 19.3 Å². The molecule has 4 rings (SSSR count). The number of aromatic nitrogens is 1. The van der Waals surface area contributed by atoms with Crippen molar-refractivity contribution in [2.24, 2.45) is 0 Å². The lowest BCUT2D eigenvalue weighted by molar-refractivity contribution is 0.0699. The van der Waals surface area contributed by atoms with E-state index in [-0.39, 0.29) is 15.8 Å². The molecule has 1 N–H and O–H groups in total. The maximum absolute atomic E-state index is 13.0. The summed E-state index contributed by atoms with van der Waals surface area (Å²) in [5.74, 6) is -1.15. The fraction of sp³-hybridized carbons (Fsp3) is 0.238. The third-order valence-corrected chi connectivity index (χ3v) is 7.34. The van der Waals surface area contributed by atoms with Crippen molar-refractivity contribution >= 4 is 38.5 Å². The van der Waals surface area contributed by atoms with Crippen LogP contribution in [-0.4, -0.2) is 41.9 Å². The van der Waals surface area contributed by atoms with Crippen LogP contribution in [0.4, 0.5) is 0 Å². The number of piperidine rings is 1. The lowest BCUT2D eigenvalue weighted by Crippen LogP contribution is -2.35. The summed E-state index contributed by atoms with van der Waals surface area (Å²) in [5.41, 5.74) is 1.42. The van der Waals surface area contributed by atoms with Gasteiger partial charge in [-0.25, -0.2) is 18.2 Å². The zero-order valence-corrected chi connectivity index (χ0v) is 17.1. The Hall–Kier alpha value is -2.48. The zero-order chi connectivity index (χ0) is 20.6. The number of aromatic carboxylic acids is 1. The highest BCUT2D eigenvalue weighted by Gasteiger charge is 2.27. The Balaban J connectivity index is 1.87. The molecule has 2 heterocycles. The summed E-state index contributed by atoms with van der Waals surface area (Å²) >= 11 is 6.24. The molecular weight excluding hydrogens is 412 g/mol. The van der Waals surface area contributed by atoms with Crippen molar-refractivity contribution in [2.45, 2.75) is 24.2 Å². The predicted molar refractivity (Wildman–Crippen MR) is 112 cm³/mol. The van der Waals surface area contributed by atoms with Crippen LogP contribution >= 0.6 is 11.6 Å². The molecule has 29 heavy (non-hydrogen) atoms. The molecule has 0 saturated carbocycles. The van der Waals surface area contributed by atoms with Crippen LogP contribution in [0, 0.1) is 0 Å². The lowest BCUT2D eigenvalue weighted by Gasteiger charge is -2.26. The van der Waals surface area contributed by atoms with Crippen molar-refractivity contribution in [3.05, 3.63) is 59.1 Å². The van der Waals surface area contributed by atoms with E-state index in [1.807, 2.05) is 0 Å². The third kappa shape index (κ3) is 3.73. The van der Waals surface area contributed by atoms with Crippen molar-refractivity contribution in [1.82, 2.24) is 9.29 Å². The highest BCUT2D eigenvalue weighted by Crippen LogP contribution is 2.31. The molecule has 6 nitrogen and oxygen atoms in total. The number of carbonyl (C=O) groups is 1. The minimum absolute atomic E-state index is 0.0133. The number of pyridine rings is 1. The fourth-order valence-electron chi connectivity index (χ4n) is 3.60. The molecule has 0 spiro atoms. The summed E-state index contributed by atoms with van der Waals surface area (Å²) < 4.78 is 27.4. The summed E-state index contributed by atoms with van der Waals surface area (Å²) in [6.45, 7) is 0.964. The predicted octanol–water partition coefficient (Wildman–Crippen LogP) is 4.43. The summed E-state index contributed by atoms with van der Waals surface area (Å²) in [6.07, 6.45) is 2.67. The second-order valence-corrected chi connectivity index (χ2v) is 9.33. The van der Waals surface area contributed by atoms with Gasteiger partial charge in [-0.05, 0) is 43.2 Å². The Morgan fingerprint density at radius 1 is 1.03 bits per heavy atom. The molecule has 1 aromatic heterocycles. The number of sulfonamides is 1. The van der Waals surface area contributed by atoms with Crippen LogP contribution in [0.5, 0.6) is 0 Å². The van der Waals surface area contributed by atoms with Gasteiger partial charge in [0.1, 0.15) is 0 Å². The molecule has 2 aromatic carbocycles. The van der Waals surface area contributed by atoms with Gasteiger partial charge >= 0.3 is 5.97 Å². The van der Waals surface area contributed by atoms with Gasteiger partial charge in [0.2, 0.25) is 10.0 Å². The first-order chi connectivity index (χ1) is 13.9. The van der Waals surface area contributed by atoms with Gasteiger partial charge in [-0.2, -0.15) is 4.31 Å². The molecule has 3 aromatic rings. The normalized spacial score (nSPS) is 15.5. The number of carboxylic acids is 1. The first-order valence-electron chi connectivity index (χ1n) is 9.31. The van der Waals surface area contributed by atoms with Crippen LogP contribution in [0.3, 0.4) is 0 Å². The zero-order valence-electron chi connectivity index (χ0n) is 15.5. The van der Waals surface area contributed by atoms with Crippen molar-refractivity contribution in [2.75, 3.05) is 13.1 Å². The molecule has 150 valence electrons. The van der Waals surface area contributed by atoms with Gasteiger partial charge in [0.05, 0.1) is 21.7 Å². The van der Waals surface area contributed by atoms with Crippen LogP contribution in [-0.2, 0) is 10.0 Å². The van der Waals surface area contributed by atoms with Crippen LogP contribution in [0.1, 0.15) is 29.6 Å². The maximum atomic E-state index is 13.0. The molecule has 8 heteroatoms. The van der Waals surface area contributed by atoms with Gasteiger partial charge in [0, 0.05) is 29.1 Å². The largest absolute Gasteiger partial charge is 0.478 e. The van der Waals surface area contributed by atoms with Crippen molar-refractivity contribution < 1.29 is 18.3 Å². The molecule has 0 aliphatic carbocycles. The average Bonchev–Trinajstić information content (AvgIpc) is 2.73. The summed E-state index contributed by atoms with van der Waals surface area (Å²) in [6, 6.07) is 12.9. The van der Waals surface area contributed by atoms with Crippen LogP contribution in [0.15, 0.2) is 53.4 Å². The van der Waals surface area contributed by atoms with E-state index in [0.29, 0.717) is 34.9 Å². The lowest BCUT2D eigenvalue weighted by atomic mass is 10.0. The number of nitrogens with zero attached hydrogens (tertiary/aromatic N) is 2. The SMILES string of the molecule is O=C(O)c1cc(-c2ccccc2Cl)nc2ccc(S(=O)(=O)N3CCCCC3)cc12. The Kier molecular flexibility index (Phi) is 5.29. The average molecular weight is 431 g/mol. The van der Waals surface area contributed by atoms with Crippen LogP contribution < -0.4 is 0 Å². The molecule has 1 aliphatic rings. The number of rotatable bonds is 4. The van der Waals surface area contributed by atoms with E-state index >= 15 is 0 Å². The van der Waals surface area contributed by atoms with Gasteiger partial charge in [0.15, 0.2) is 0 Å². The van der Waals surface area contributed by atoms with Gasteiger partial charge < -0.3 is 5.11 Å². The second kappa shape index (κ2) is 7.74. The van der Waals surface area contributed by atoms with Crippen molar-refractivity contribution in [3.63, 3.8) is 0 Å². The highest BCUT2D eigenvalue weighted by atomic mass is 35.5. The molecule has 0 radical (unpaired) electrons. The molecule has 0 atom stereocenters. The Morgan fingerprint density at radius 2 is 1.76 bits per heavy atom. The van der Waals surface area contributed by atoms with E-state index in [2.05, 4.69) is 4.98 Å². The second-order valence-electron chi connectivity index (χ2n) is 6.98. The number of hydrogen-bond acceptors (Lipinski definition) is 4. The number of benzene rings is 2. The fourth-order valence-corrected chi connectivity index (χ4v) is 5.38. The summed E-state index contributed by atoms with van der Waals surface area (Å²) in [7, 11) is -3.67. The van der Waals surface area contributed by atoms with E-state index in [4.69, 9.17) is 11.6 Å². The first-order valence-corrected chi connectivity index (χ1v) is 11.1. The van der Waals surface area contributed by atoms with Gasteiger partial charge in [-0.1, -0.05) is 36.2 Å². The molecule has 0 amide bonds. The monoisotopic (exact) mass is 430 g/mol. The topological polar surface area (TPSA) is 87.6 Å². The third-order valence-electron chi connectivity index (χ3n) is 5.11. The Labute approximate surface area is 173 Å². The minimum atomic E-state index is -3.67. The van der Waals surface area contributed by atoms with Gasteiger partial charge in [-0.15, -0.1) is 0 Å². The van der Waals surface area contributed by atoms with E-state index in [1.165, 1.54) is 22.5 Å². The van der Waals surface area contributed by atoms with Gasteiger partial charge in [0.25, 0.3) is 0 Å². The first kappa shape index (κ1) is 19.8. The molecule has 1 fully saturated rings. The van der Waals surface area contributed by atoms with E-state index in [9.17, 15) is 18.3 Å². The number of hydrogen-bond donors (Lipinski definition) is 1. The van der Waals surface area contributed by atoms with Crippen LogP contribution in [0.2, 0.25) is 5.02 Å². The number of halogens is 1. The smallest absolute Gasteiger partial charge is 0.336 e. The molecule has 0 unspecified atom stereocenters. The summed E-state index contributed by atoms with van der Waals surface area (Å²) in [4.78, 5) is 16.5. The molecular formula is C21H19ClN2O4S. The van der Waals surface area contributed by atoms with E-state index in [1.54, 1.807) is 30.3 Å². The van der Waals surface area contributed by atoms with Crippen molar-refractivity contribution in [1.29, 1.82) is 0 Å². The number of fused-ring (bicyclic) bond motifs is 1. The minimum Gasteiger partial charge on any atom is -0.478 e. The quantitative estimate of drug-likeness (QED) is 0.661. The van der Waals surface area contributed by atoms with E-state index < -0.39 is 16.0 Å².